The van der Waals surface area contributed by atoms with Crippen LogP contribution >= 0.6 is 0 Å². The highest BCUT2D eigenvalue weighted by atomic mass is 19.4. The number of hydrogen-bond acceptors (Lipinski definition) is 6. The Balaban J connectivity index is 1.75. The van der Waals surface area contributed by atoms with E-state index >= 15 is 0 Å². The topological polar surface area (TPSA) is 100 Å². The molecule has 2 N–H and O–H groups in total. The number of anilines is 1. The number of likely N-dealkylation sites (tertiary alicyclic amines) is 1. The number of aromatic nitrogens is 3. The monoisotopic (exact) mass is 503 g/mol. The Bertz CT molecular complexity index is 1380. The third-order valence-corrected chi connectivity index (χ3v) is 7.05. The van der Waals surface area contributed by atoms with Gasteiger partial charge in [-0.3, -0.25) is 9.59 Å². The van der Waals surface area contributed by atoms with Crippen molar-refractivity contribution >= 4 is 22.6 Å². The number of alkyl halides is 3. The number of piperidine rings is 1. The lowest BCUT2D eigenvalue weighted by atomic mass is 9.87. The van der Waals surface area contributed by atoms with Crippen molar-refractivity contribution in [1.29, 1.82) is 0 Å². The lowest BCUT2D eigenvalue weighted by Crippen LogP contribution is -2.46. The molecule has 2 aromatic heterocycles. The second-order valence-corrected chi connectivity index (χ2v) is 9.30. The molecule has 0 spiro atoms. The number of carbonyl (C=O) groups excluding carboxylic acids is 1. The van der Waals surface area contributed by atoms with E-state index in [4.69, 9.17) is 0 Å². The minimum absolute atomic E-state index is 0.0804. The number of pyridine rings is 1. The molecule has 1 atom stereocenters. The summed E-state index contributed by atoms with van der Waals surface area (Å²) in [6.45, 7) is 5.30. The van der Waals surface area contributed by atoms with Gasteiger partial charge in [0.05, 0.1) is 22.7 Å². The maximum Gasteiger partial charge on any atom is 0.416 e. The van der Waals surface area contributed by atoms with Crippen molar-refractivity contribution in [1.82, 2.24) is 19.4 Å². The summed E-state index contributed by atoms with van der Waals surface area (Å²) < 4.78 is 41.6. The average molecular weight is 504 g/mol. The summed E-state index contributed by atoms with van der Waals surface area (Å²) >= 11 is 0. The Morgan fingerprint density at radius 3 is 2.50 bits per heavy atom. The molecule has 0 saturated carbocycles. The fourth-order valence-corrected chi connectivity index (χ4v) is 4.93. The molecule has 4 rings (SSSR count). The first-order valence-electron chi connectivity index (χ1n) is 11.6. The Labute approximate surface area is 205 Å². The van der Waals surface area contributed by atoms with Gasteiger partial charge in [0.2, 0.25) is 5.91 Å². The zero-order valence-electron chi connectivity index (χ0n) is 20.5. The highest BCUT2D eigenvalue weighted by molar-refractivity contribution is 5.89. The molecule has 36 heavy (non-hydrogen) atoms. The number of carbonyl (C=O) groups is 1. The third-order valence-electron chi connectivity index (χ3n) is 7.05. The molecule has 1 amide bonds. The van der Waals surface area contributed by atoms with Crippen LogP contribution in [0.25, 0.3) is 10.9 Å². The predicted molar refractivity (Wildman–Crippen MR) is 128 cm³/mol. The molecule has 1 aliphatic rings. The van der Waals surface area contributed by atoms with Crippen molar-refractivity contribution < 1.29 is 23.1 Å². The zero-order valence-corrected chi connectivity index (χ0v) is 20.5. The van der Waals surface area contributed by atoms with Gasteiger partial charge in [-0.05, 0) is 49.9 Å². The zero-order chi connectivity index (χ0) is 26.4. The van der Waals surface area contributed by atoms with E-state index in [1.165, 1.54) is 30.8 Å². The average Bonchev–Trinajstić information content (AvgIpc) is 2.81. The van der Waals surface area contributed by atoms with Gasteiger partial charge < -0.3 is 19.9 Å². The van der Waals surface area contributed by atoms with Crippen molar-refractivity contribution in [2.75, 3.05) is 18.4 Å². The van der Waals surface area contributed by atoms with Gasteiger partial charge in [0, 0.05) is 27.1 Å². The summed E-state index contributed by atoms with van der Waals surface area (Å²) in [7, 11) is 1.55. The number of hydrogen-bond donors (Lipinski definition) is 2. The second-order valence-electron chi connectivity index (χ2n) is 9.30. The Kier molecular flexibility index (Phi) is 6.54. The highest BCUT2D eigenvalue weighted by Crippen LogP contribution is 2.37. The normalized spacial score (nSPS) is 16.7. The number of halogens is 3. The van der Waals surface area contributed by atoms with Crippen molar-refractivity contribution in [2.24, 2.45) is 7.05 Å². The second kappa shape index (κ2) is 9.20. The van der Waals surface area contributed by atoms with Gasteiger partial charge in [0.1, 0.15) is 23.3 Å². The van der Waals surface area contributed by atoms with Crippen LogP contribution in [0.1, 0.15) is 55.1 Å². The van der Waals surface area contributed by atoms with Crippen molar-refractivity contribution in [2.45, 2.75) is 51.4 Å². The summed E-state index contributed by atoms with van der Waals surface area (Å²) in [5, 5.41) is 14.9. The molecule has 11 heteroatoms. The van der Waals surface area contributed by atoms with Gasteiger partial charge in [-0.1, -0.05) is 12.1 Å². The number of nitrogens with zero attached hydrogens (tertiary/aromatic N) is 4. The van der Waals surface area contributed by atoms with Crippen molar-refractivity contribution in [3.63, 3.8) is 0 Å². The van der Waals surface area contributed by atoms with Crippen molar-refractivity contribution in [3.8, 4) is 0 Å². The number of nitrogens with one attached hydrogen (secondary N) is 1. The van der Waals surface area contributed by atoms with Crippen LogP contribution in [-0.4, -0.2) is 43.5 Å². The number of amides is 1. The molecule has 1 aromatic carbocycles. The van der Waals surface area contributed by atoms with Gasteiger partial charge in [0.15, 0.2) is 0 Å². The highest BCUT2D eigenvalue weighted by Gasteiger charge is 2.37. The fourth-order valence-electron chi connectivity index (χ4n) is 4.93. The fraction of sp³-hybridized carbons (Fsp3) is 0.440. The third kappa shape index (κ3) is 4.55. The lowest BCUT2D eigenvalue weighted by Gasteiger charge is -2.38. The molecule has 0 bridgehead atoms. The molecular weight excluding hydrogens is 475 g/mol. The SMILES string of the molecule is CC(=O)N1CCC(O)(c2cc3c(NC(C)c4cccc(C(F)(F)F)c4C)ncnc3c(=O)n2C)CC1. The first-order chi connectivity index (χ1) is 16.8. The van der Waals surface area contributed by atoms with Crippen LogP contribution in [0, 0.1) is 6.92 Å². The molecule has 0 aliphatic carbocycles. The van der Waals surface area contributed by atoms with Crippen LogP contribution in [-0.2, 0) is 23.6 Å². The van der Waals surface area contributed by atoms with Crippen LogP contribution in [0.5, 0.6) is 0 Å². The standard InChI is InChI=1S/C25H28F3N5O3/c1-14-17(6-5-7-19(14)25(26,27)28)15(2)31-22-18-12-20(32(4)23(35)21(18)29-13-30-22)24(36)8-10-33(11-9-24)16(3)34/h5-7,12-13,15,36H,8-11H2,1-4H3,(H,29,30,31). The Hall–Kier alpha value is -3.47. The van der Waals surface area contributed by atoms with E-state index in [0.717, 1.165) is 6.07 Å². The van der Waals surface area contributed by atoms with Gasteiger partial charge in [0.25, 0.3) is 5.56 Å². The smallest absolute Gasteiger partial charge is 0.383 e. The Morgan fingerprint density at radius 1 is 1.22 bits per heavy atom. The lowest BCUT2D eigenvalue weighted by molar-refractivity contribution is -0.138. The molecule has 0 radical (unpaired) electrons. The van der Waals surface area contributed by atoms with E-state index in [9.17, 15) is 27.9 Å². The summed E-state index contributed by atoms with van der Waals surface area (Å²) in [6, 6.07) is 5.09. The quantitative estimate of drug-likeness (QED) is 0.564. The molecule has 3 heterocycles. The molecule has 1 aliphatic heterocycles. The molecule has 1 fully saturated rings. The molecule has 1 saturated heterocycles. The molecule has 8 nitrogen and oxygen atoms in total. The molecule has 1 unspecified atom stereocenters. The van der Waals surface area contributed by atoms with Crippen LogP contribution in [0.4, 0.5) is 19.0 Å². The summed E-state index contributed by atoms with van der Waals surface area (Å²) in [5.74, 6) is 0.191. The number of benzene rings is 1. The van der Waals surface area contributed by atoms with Gasteiger partial charge in [-0.2, -0.15) is 13.2 Å². The van der Waals surface area contributed by atoms with E-state index in [2.05, 4.69) is 15.3 Å². The maximum absolute atomic E-state index is 13.4. The number of rotatable bonds is 4. The van der Waals surface area contributed by atoms with Crippen LogP contribution < -0.4 is 10.9 Å². The van der Waals surface area contributed by atoms with E-state index < -0.39 is 28.9 Å². The predicted octanol–water partition coefficient (Wildman–Crippen LogP) is 3.66. The van der Waals surface area contributed by atoms with Crippen LogP contribution in [0.3, 0.4) is 0 Å². The Morgan fingerprint density at radius 2 is 1.89 bits per heavy atom. The van der Waals surface area contributed by atoms with Crippen LogP contribution in [0.2, 0.25) is 0 Å². The first kappa shape index (κ1) is 25.6. The molecular formula is C25H28F3N5O3. The summed E-state index contributed by atoms with van der Waals surface area (Å²) in [4.78, 5) is 34.9. The van der Waals surface area contributed by atoms with Gasteiger partial charge in [-0.15, -0.1) is 0 Å². The van der Waals surface area contributed by atoms with Gasteiger partial charge >= 0.3 is 6.18 Å². The van der Waals surface area contributed by atoms with Crippen molar-refractivity contribution in [3.05, 3.63) is 63.3 Å². The van der Waals surface area contributed by atoms with Crippen LogP contribution in [0.15, 0.2) is 35.4 Å². The number of fused-ring (bicyclic) bond motifs is 1. The number of aliphatic hydroxyl groups is 1. The van der Waals surface area contributed by atoms with Gasteiger partial charge in [-0.25, -0.2) is 9.97 Å². The van der Waals surface area contributed by atoms with E-state index in [0.29, 0.717) is 29.7 Å². The van der Waals surface area contributed by atoms with E-state index in [1.54, 1.807) is 31.0 Å². The molecule has 192 valence electrons. The van der Waals surface area contributed by atoms with E-state index in [-0.39, 0.29) is 35.6 Å². The van der Waals surface area contributed by atoms with E-state index in [1.807, 2.05) is 0 Å². The summed E-state index contributed by atoms with van der Waals surface area (Å²) in [5.41, 5.74) is -1.46. The molecule has 3 aromatic rings. The maximum atomic E-state index is 13.4. The minimum atomic E-state index is -4.48. The largest absolute Gasteiger partial charge is 0.416 e. The first-order valence-corrected chi connectivity index (χ1v) is 11.6. The summed E-state index contributed by atoms with van der Waals surface area (Å²) in [6.07, 6.45) is -2.75. The minimum Gasteiger partial charge on any atom is -0.383 e.